The van der Waals surface area contributed by atoms with Crippen molar-refractivity contribution in [2.75, 3.05) is 6.61 Å². The summed E-state index contributed by atoms with van der Waals surface area (Å²) in [6.07, 6.45) is 3.46. The number of carboxylic acids is 1. The van der Waals surface area contributed by atoms with E-state index in [1.807, 2.05) is 0 Å². The fourth-order valence-corrected chi connectivity index (χ4v) is 3.47. The van der Waals surface area contributed by atoms with Gasteiger partial charge in [-0.15, -0.1) is 11.3 Å². The smallest absolute Gasteiger partial charge is 0.345 e. The van der Waals surface area contributed by atoms with Gasteiger partial charge >= 0.3 is 5.97 Å². The van der Waals surface area contributed by atoms with Crippen LogP contribution in [-0.2, 0) is 4.74 Å². The lowest BCUT2D eigenvalue weighted by atomic mass is 9.86. The Morgan fingerprint density at radius 1 is 1.38 bits per heavy atom. The molecular formula is C15H21NO4S. The molecule has 2 N–H and O–H groups in total. The number of carbonyl (C=O) groups is 2. The lowest BCUT2D eigenvalue weighted by molar-refractivity contribution is -0.0917. The van der Waals surface area contributed by atoms with Crippen molar-refractivity contribution in [3.05, 3.63) is 21.9 Å². The predicted octanol–water partition coefficient (Wildman–Crippen LogP) is 2.91. The molecule has 0 aliphatic carbocycles. The number of carboxylic acid groups (broad SMARTS) is 1. The molecule has 2 rings (SSSR count). The summed E-state index contributed by atoms with van der Waals surface area (Å²) in [5, 5.41) is 11.9. The molecule has 1 atom stereocenters. The van der Waals surface area contributed by atoms with E-state index in [0.29, 0.717) is 11.5 Å². The average molecular weight is 311 g/mol. The van der Waals surface area contributed by atoms with Crippen molar-refractivity contribution in [1.82, 2.24) is 5.32 Å². The number of hydrogen-bond donors (Lipinski definition) is 2. The van der Waals surface area contributed by atoms with E-state index in [-0.39, 0.29) is 22.4 Å². The van der Waals surface area contributed by atoms with Crippen molar-refractivity contribution in [2.24, 2.45) is 0 Å². The van der Waals surface area contributed by atoms with E-state index >= 15 is 0 Å². The highest BCUT2D eigenvalue weighted by molar-refractivity contribution is 7.15. The second-order valence-corrected chi connectivity index (χ2v) is 6.45. The number of thiophene rings is 1. The Balaban J connectivity index is 2.00. The number of aromatic carboxylic acids is 1. The van der Waals surface area contributed by atoms with E-state index in [4.69, 9.17) is 9.84 Å². The Bertz CT molecular complexity index is 521. The summed E-state index contributed by atoms with van der Waals surface area (Å²) in [6, 6.07) is 3.12. The van der Waals surface area contributed by atoms with E-state index in [2.05, 4.69) is 19.2 Å². The first-order chi connectivity index (χ1) is 9.99. The zero-order valence-corrected chi connectivity index (χ0v) is 13.2. The summed E-state index contributed by atoms with van der Waals surface area (Å²) in [6.45, 7) is 4.86. The van der Waals surface area contributed by atoms with Crippen LogP contribution in [0.5, 0.6) is 0 Å². The Kier molecular flexibility index (Phi) is 5.00. The molecule has 1 amide bonds. The second-order valence-electron chi connectivity index (χ2n) is 5.37. The number of ether oxygens (including phenoxy) is 1. The minimum atomic E-state index is -0.999. The van der Waals surface area contributed by atoms with Crippen LogP contribution in [0.2, 0.25) is 0 Å². The molecule has 1 aliphatic rings. The fraction of sp³-hybridized carbons (Fsp3) is 0.600. The maximum atomic E-state index is 12.2. The van der Waals surface area contributed by atoms with Crippen LogP contribution in [0.1, 0.15) is 58.9 Å². The standard InChI is InChI=1S/C15H21NO4S/c1-3-15(4-2)9-10(7-8-20-15)16-13(17)11-5-6-12(21-11)14(18)19/h5-6,10H,3-4,7-9H2,1-2H3,(H,16,17)(H,18,19). The highest BCUT2D eigenvalue weighted by Crippen LogP contribution is 2.31. The third kappa shape index (κ3) is 3.63. The number of carbonyl (C=O) groups excluding carboxylic acids is 1. The maximum absolute atomic E-state index is 12.2. The summed E-state index contributed by atoms with van der Waals surface area (Å²) in [5.74, 6) is -1.19. The van der Waals surface area contributed by atoms with Crippen LogP contribution >= 0.6 is 11.3 Å². The van der Waals surface area contributed by atoms with Crippen molar-refractivity contribution in [2.45, 2.75) is 51.2 Å². The van der Waals surface area contributed by atoms with Gasteiger partial charge in [0.2, 0.25) is 0 Å². The first-order valence-corrected chi connectivity index (χ1v) is 8.09. The fourth-order valence-electron chi connectivity index (χ4n) is 2.73. The molecule has 21 heavy (non-hydrogen) atoms. The first kappa shape index (κ1) is 16.0. The first-order valence-electron chi connectivity index (χ1n) is 7.27. The van der Waals surface area contributed by atoms with Crippen LogP contribution in [0.3, 0.4) is 0 Å². The Morgan fingerprint density at radius 2 is 2.05 bits per heavy atom. The molecule has 5 nitrogen and oxygen atoms in total. The molecule has 0 radical (unpaired) electrons. The quantitative estimate of drug-likeness (QED) is 0.876. The zero-order valence-electron chi connectivity index (χ0n) is 12.3. The molecule has 6 heteroatoms. The monoisotopic (exact) mass is 311 g/mol. The summed E-state index contributed by atoms with van der Waals surface area (Å²) < 4.78 is 5.89. The van der Waals surface area contributed by atoms with Crippen molar-refractivity contribution in [3.8, 4) is 0 Å². The molecule has 1 fully saturated rings. The molecule has 1 aromatic heterocycles. The molecule has 0 spiro atoms. The summed E-state index contributed by atoms with van der Waals surface area (Å²) in [7, 11) is 0. The van der Waals surface area contributed by atoms with E-state index in [1.165, 1.54) is 6.07 Å². The van der Waals surface area contributed by atoms with Crippen LogP contribution in [0.4, 0.5) is 0 Å². The predicted molar refractivity (Wildman–Crippen MR) is 81.0 cm³/mol. The Labute approximate surface area is 128 Å². The summed E-state index contributed by atoms with van der Waals surface area (Å²) in [5.41, 5.74) is -0.141. The van der Waals surface area contributed by atoms with Crippen LogP contribution in [-0.4, -0.2) is 35.2 Å². The van der Waals surface area contributed by atoms with Crippen LogP contribution in [0.25, 0.3) is 0 Å². The molecule has 2 heterocycles. The van der Waals surface area contributed by atoms with Gasteiger partial charge in [-0.1, -0.05) is 13.8 Å². The molecule has 1 unspecified atom stereocenters. The summed E-state index contributed by atoms with van der Waals surface area (Å²) >= 11 is 1.01. The molecule has 0 saturated carbocycles. The van der Waals surface area contributed by atoms with Gasteiger partial charge in [-0.3, -0.25) is 4.79 Å². The lowest BCUT2D eigenvalue weighted by Gasteiger charge is -2.40. The van der Waals surface area contributed by atoms with Crippen molar-refractivity contribution in [3.63, 3.8) is 0 Å². The van der Waals surface area contributed by atoms with Crippen molar-refractivity contribution in [1.29, 1.82) is 0 Å². The molecule has 1 saturated heterocycles. The van der Waals surface area contributed by atoms with Crippen molar-refractivity contribution < 1.29 is 19.4 Å². The number of amides is 1. The largest absolute Gasteiger partial charge is 0.477 e. The van der Waals surface area contributed by atoms with E-state index < -0.39 is 5.97 Å². The summed E-state index contributed by atoms with van der Waals surface area (Å²) in [4.78, 5) is 23.7. The SMILES string of the molecule is CCC1(CC)CC(NC(=O)c2ccc(C(=O)O)s2)CCO1. The number of rotatable bonds is 5. The molecule has 0 aromatic carbocycles. The van der Waals surface area contributed by atoms with Gasteiger partial charge in [-0.2, -0.15) is 0 Å². The third-order valence-electron chi connectivity index (χ3n) is 4.16. The molecular weight excluding hydrogens is 290 g/mol. The van der Waals surface area contributed by atoms with Gasteiger partial charge in [-0.25, -0.2) is 4.79 Å². The van der Waals surface area contributed by atoms with Gasteiger partial charge in [0.15, 0.2) is 0 Å². The van der Waals surface area contributed by atoms with Gasteiger partial charge in [0, 0.05) is 12.6 Å². The van der Waals surface area contributed by atoms with Crippen LogP contribution in [0.15, 0.2) is 12.1 Å². The maximum Gasteiger partial charge on any atom is 0.345 e. The van der Waals surface area contributed by atoms with E-state index in [1.54, 1.807) is 6.07 Å². The van der Waals surface area contributed by atoms with E-state index in [9.17, 15) is 9.59 Å². The van der Waals surface area contributed by atoms with Gasteiger partial charge in [0.1, 0.15) is 4.88 Å². The molecule has 0 bridgehead atoms. The highest BCUT2D eigenvalue weighted by atomic mass is 32.1. The Hall–Kier alpha value is -1.40. The lowest BCUT2D eigenvalue weighted by Crippen LogP contribution is -2.48. The van der Waals surface area contributed by atoms with Gasteiger partial charge in [0.05, 0.1) is 10.5 Å². The van der Waals surface area contributed by atoms with Crippen molar-refractivity contribution >= 4 is 23.2 Å². The van der Waals surface area contributed by atoms with Gasteiger partial charge in [-0.05, 0) is 37.8 Å². The number of hydrogen-bond acceptors (Lipinski definition) is 4. The van der Waals surface area contributed by atoms with Gasteiger partial charge in [0.25, 0.3) is 5.91 Å². The zero-order chi connectivity index (χ0) is 15.5. The minimum Gasteiger partial charge on any atom is -0.477 e. The Morgan fingerprint density at radius 3 is 2.62 bits per heavy atom. The normalized spacial score (nSPS) is 21.0. The minimum absolute atomic E-state index is 0.0847. The van der Waals surface area contributed by atoms with E-state index in [0.717, 1.165) is 37.0 Å². The number of nitrogens with one attached hydrogen (secondary N) is 1. The average Bonchev–Trinajstić information content (AvgIpc) is 2.97. The molecule has 1 aliphatic heterocycles. The topological polar surface area (TPSA) is 75.6 Å². The third-order valence-corrected chi connectivity index (χ3v) is 5.23. The van der Waals surface area contributed by atoms with Crippen LogP contribution in [0, 0.1) is 0 Å². The van der Waals surface area contributed by atoms with Gasteiger partial charge < -0.3 is 15.2 Å². The molecule has 1 aromatic rings. The molecule has 116 valence electrons. The highest BCUT2D eigenvalue weighted by Gasteiger charge is 2.35. The van der Waals surface area contributed by atoms with Crippen LogP contribution < -0.4 is 5.32 Å². The second kappa shape index (κ2) is 6.58.